The summed E-state index contributed by atoms with van der Waals surface area (Å²) in [6.45, 7) is 0. The molecule has 0 aliphatic carbocycles. The van der Waals surface area contributed by atoms with Crippen LogP contribution in [0.1, 0.15) is 5.56 Å². The highest BCUT2D eigenvalue weighted by Crippen LogP contribution is 2.37. The van der Waals surface area contributed by atoms with Crippen molar-refractivity contribution in [1.29, 1.82) is 0 Å². The molecule has 0 aliphatic rings. The molecule has 0 spiro atoms. The third-order valence-electron chi connectivity index (χ3n) is 4.27. The number of hydrogen-bond donors (Lipinski definition) is 1. The van der Waals surface area contributed by atoms with E-state index in [9.17, 15) is 40.4 Å². The van der Waals surface area contributed by atoms with E-state index in [0.29, 0.717) is 25.8 Å². The van der Waals surface area contributed by atoms with Crippen LogP contribution < -0.4 is 9.47 Å². The van der Waals surface area contributed by atoms with Gasteiger partial charge in [-0.2, -0.15) is 8.78 Å². The summed E-state index contributed by atoms with van der Waals surface area (Å²) in [4.78, 5) is 9.90. The summed E-state index contributed by atoms with van der Waals surface area (Å²) in [6, 6.07) is 6.22. The van der Waals surface area contributed by atoms with Crippen LogP contribution in [0.15, 0.2) is 29.2 Å². The van der Waals surface area contributed by atoms with Crippen molar-refractivity contribution in [2.24, 2.45) is 0 Å². The minimum absolute atomic E-state index is 0.110. The van der Waals surface area contributed by atoms with E-state index in [1.165, 1.54) is 12.1 Å². The van der Waals surface area contributed by atoms with E-state index in [4.69, 9.17) is 4.74 Å². The highest BCUT2D eigenvalue weighted by atomic mass is 127. The number of carbonyl (C=O) groups is 1. The molecule has 192 valence electrons. The van der Waals surface area contributed by atoms with Gasteiger partial charge in [-0.05, 0) is 120 Å². The first-order chi connectivity index (χ1) is 16.6. The van der Waals surface area contributed by atoms with Gasteiger partial charge in [0.2, 0.25) is 17.4 Å². The summed E-state index contributed by atoms with van der Waals surface area (Å²) in [5.41, 5.74) is 0.288. The third kappa shape index (κ3) is 6.46. The van der Waals surface area contributed by atoms with Crippen molar-refractivity contribution in [3.8, 4) is 23.0 Å². The van der Waals surface area contributed by atoms with E-state index in [1.54, 1.807) is 12.1 Å². The largest absolute Gasteiger partial charge is 0.744 e. The van der Waals surface area contributed by atoms with Crippen molar-refractivity contribution in [3.63, 3.8) is 0 Å². The molecule has 0 saturated carbocycles. The Bertz CT molecular complexity index is 1440. The van der Waals surface area contributed by atoms with Gasteiger partial charge in [0.05, 0.1) is 20.7 Å². The molecule has 3 rings (SSSR count). The van der Waals surface area contributed by atoms with E-state index < -0.39 is 56.4 Å². The highest BCUT2D eigenvalue weighted by Gasteiger charge is 2.31. The summed E-state index contributed by atoms with van der Waals surface area (Å²) in [7, 11) is -5.89. The number of phenolic OH excluding ortho intramolecular Hbond substituents is 1. The molecule has 0 saturated heterocycles. The van der Waals surface area contributed by atoms with Crippen molar-refractivity contribution in [2.45, 2.75) is 11.3 Å². The number of ether oxygens (including phenoxy) is 2. The smallest absolute Gasteiger partial charge is 0.315 e. The van der Waals surface area contributed by atoms with Crippen LogP contribution in [0.4, 0.5) is 17.6 Å². The second-order valence-electron chi connectivity index (χ2n) is 6.75. The molecule has 0 unspecified atom stereocenters. The highest BCUT2D eigenvalue weighted by molar-refractivity contribution is 14.1. The molecule has 0 aliphatic heterocycles. The molecule has 3 aromatic rings. The summed E-state index contributed by atoms with van der Waals surface area (Å²) in [6.07, 6.45) is -0.592. The quantitative estimate of drug-likeness (QED) is 0.0782. The van der Waals surface area contributed by atoms with Crippen LogP contribution in [0.3, 0.4) is 0 Å². The number of carbonyl (C=O) groups excluding carboxylic acids is 1. The van der Waals surface area contributed by atoms with Gasteiger partial charge < -0.3 is 19.1 Å². The normalized spacial score (nSPS) is 11.5. The second-order valence-corrected chi connectivity index (χ2v) is 12.7. The number of halogens is 8. The molecule has 3 aromatic carbocycles. The van der Waals surface area contributed by atoms with Gasteiger partial charge in [0.1, 0.15) is 26.5 Å². The van der Waals surface area contributed by atoms with Crippen LogP contribution in [-0.2, 0) is 21.3 Å². The average Bonchev–Trinajstić information content (AvgIpc) is 2.75. The van der Waals surface area contributed by atoms with Crippen molar-refractivity contribution >= 4 is 106 Å². The topological polar surface area (TPSA) is 113 Å². The molecule has 0 heterocycles. The van der Waals surface area contributed by atoms with Crippen molar-refractivity contribution in [3.05, 3.63) is 67.4 Å². The van der Waals surface area contributed by atoms with Gasteiger partial charge in [-0.15, -0.1) is 0 Å². The Morgan fingerprint density at radius 1 is 0.833 bits per heavy atom. The Morgan fingerprint density at radius 2 is 1.31 bits per heavy atom. The van der Waals surface area contributed by atoms with Crippen LogP contribution in [0.25, 0.3) is 0 Å². The molecule has 0 bridgehead atoms. The SMILES string of the molecule is O=C(Cc1cc(I)c(Oc2cc(I)c(O)c(I)c2)c(I)c1)Oc1c(F)c(F)c(S(=O)(=O)[O-])c(F)c1F. The van der Waals surface area contributed by atoms with Crippen LogP contribution in [-0.4, -0.2) is 24.0 Å². The Kier molecular flexibility index (Phi) is 9.59. The standard InChI is InChI=1S/C20H8F4I4O7S/c21-13-15(23)20(36(31,32)33)16(24)14(22)19(13)35-12(29)3-6-1-10(27)18(11(28)2-6)34-7-4-8(25)17(30)9(26)5-7/h1-2,4-5,30H,3H2,(H,31,32,33)/p-1. The maximum atomic E-state index is 14.1. The number of aromatic hydroxyl groups is 1. The van der Waals surface area contributed by atoms with E-state index in [-0.39, 0.29) is 11.3 Å². The monoisotopic (exact) mass is 975 g/mol. The zero-order valence-electron chi connectivity index (χ0n) is 16.8. The van der Waals surface area contributed by atoms with Gasteiger partial charge in [0.25, 0.3) is 0 Å². The van der Waals surface area contributed by atoms with Crippen molar-refractivity contribution in [2.75, 3.05) is 0 Å². The average molecular weight is 975 g/mol. The Hall–Kier alpha value is -0.720. The molecule has 1 N–H and O–H groups in total. The van der Waals surface area contributed by atoms with Crippen LogP contribution >= 0.6 is 90.4 Å². The van der Waals surface area contributed by atoms with Gasteiger partial charge in [-0.1, -0.05) is 0 Å². The lowest BCUT2D eigenvalue weighted by Crippen LogP contribution is -2.17. The zero-order chi connectivity index (χ0) is 27.1. The number of esters is 1. The van der Waals surface area contributed by atoms with Crippen molar-refractivity contribution in [1.82, 2.24) is 0 Å². The van der Waals surface area contributed by atoms with E-state index in [2.05, 4.69) is 4.74 Å². The molecule has 0 amide bonds. The van der Waals surface area contributed by atoms with Crippen LogP contribution in [0, 0.1) is 37.5 Å². The molecule has 7 nitrogen and oxygen atoms in total. The molecular formula is C20H7F4I4O7S-. The molecule has 16 heteroatoms. The Balaban J connectivity index is 1.85. The van der Waals surface area contributed by atoms with Crippen LogP contribution in [0.2, 0.25) is 0 Å². The fourth-order valence-electron chi connectivity index (χ4n) is 2.75. The number of benzene rings is 3. The predicted octanol–water partition coefficient (Wildman–Crippen LogP) is 6.21. The van der Waals surface area contributed by atoms with Gasteiger partial charge >= 0.3 is 5.97 Å². The number of phenols is 1. The third-order valence-corrected chi connectivity index (χ3v) is 8.37. The summed E-state index contributed by atoms with van der Waals surface area (Å²) in [5.74, 6) is -11.9. The van der Waals surface area contributed by atoms with Gasteiger partial charge in [-0.25, -0.2) is 17.2 Å². The fourth-order valence-corrected chi connectivity index (χ4v) is 7.19. The molecule has 0 fully saturated rings. The predicted molar refractivity (Wildman–Crippen MR) is 149 cm³/mol. The Morgan fingerprint density at radius 3 is 1.75 bits per heavy atom. The van der Waals surface area contributed by atoms with Gasteiger partial charge in [0.15, 0.2) is 17.4 Å². The molecule has 0 aromatic heterocycles. The van der Waals surface area contributed by atoms with Crippen LogP contribution in [0.5, 0.6) is 23.0 Å². The first kappa shape index (κ1) is 29.8. The lowest BCUT2D eigenvalue weighted by molar-refractivity contribution is -0.134. The second kappa shape index (κ2) is 11.6. The van der Waals surface area contributed by atoms with Crippen molar-refractivity contribution < 1.29 is 49.9 Å². The van der Waals surface area contributed by atoms with E-state index >= 15 is 0 Å². The molecule has 0 atom stereocenters. The molecule has 36 heavy (non-hydrogen) atoms. The van der Waals surface area contributed by atoms with Gasteiger partial charge in [-0.3, -0.25) is 4.79 Å². The van der Waals surface area contributed by atoms with E-state index in [0.717, 1.165) is 0 Å². The molecular weight excluding hydrogens is 968 g/mol. The summed E-state index contributed by atoms with van der Waals surface area (Å²) in [5, 5.41) is 9.90. The maximum Gasteiger partial charge on any atom is 0.315 e. The minimum Gasteiger partial charge on any atom is -0.744 e. The number of hydrogen-bond acceptors (Lipinski definition) is 7. The first-order valence-corrected chi connectivity index (χ1v) is 14.7. The lowest BCUT2D eigenvalue weighted by Gasteiger charge is -2.15. The van der Waals surface area contributed by atoms with E-state index in [1.807, 2.05) is 90.4 Å². The maximum absolute atomic E-state index is 14.1. The summed E-state index contributed by atoms with van der Waals surface area (Å²) < 4.78 is 101. The minimum atomic E-state index is -5.89. The first-order valence-electron chi connectivity index (χ1n) is 8.98. The molecule has 0 radical (unpaired) electrons. The lowest BCUT2D eigenvalue weighted by atomic mass is 10.1. The Labute approximate surface area is 255 Å². The van der Waals surface area contributed by atoms with Gasteiger partial charge in [0, 0.05) is 0 Å². The summed E-state index contributed by atoms with van der Waals surface area (Å²) >= 11 is 7.73. The number of rotatable bonds is 6. The zero-order valence-corrected chi connectivity index (χ0v) is 26.3. The fraction of sp³-hybridized carbons (Fsp3) is 0.0500.